The van der Waals surface area contributed by atoms with Gasteiger partial charge < -0.3 is 10.3 Å². The molecule has 0 aliphatic heterocycles. The molecule has 1 aromatic carbocycles. The van der Waals surface area contributed by atoms with Gasteiger partial charge in [-0.3, -0.25) is 9.59 Å². The van der Waals surface area contributed by atoms with Gasteiger partial charge in [0.05, 0.1) is 5.54 Å². The summed E-state index contributed by atoms with van der Waals surface area (Å²) in [6, 6.07) is 8.81. The average Bonchev–Trinajstić information content (AvgIpc) is 2.52. The molecular weight excluding hydrogens is 314 g/mol. The molecule has 0 bridgehead atoms. The van der Waals surface area contributed by atoms with Crippen molar-refractivity contribution in [2.24, 2.45) is 0 Å². The lowest BCUT2D eigenvalue weighted by atomic mass is 9.70. The van der Waals surface area contributed by atoms with Crippen molar-refractivity contribution >= 4 is 5.91 Å². The molecule has 0 atom stereocenters. The number of amides is 1. The van der Waals surface area contributed by atoms with Crippen molar-refractivity contribution in [3.8, 4) is 0 Å². The fraction of sp³-hybridized carbons (Fsp3) is 0.333. The summed E-state index contributed by atoms with van der Waals surface area (Å²) in [5.74, 6) is -0.990. The van der Waals surface area contributed by atoms with Crippen LogP contribution in [0, 0.1) is 5.82 Å². The van der Waals surface area contributed by atoms with Gasteiger partial charge in [-0.15, -0.1) is 0 Å². The van der Waals surface area contributed by atoms with E-state index in [1.807, 2.05) is 6.92 Å². The van der Waals surface area contributed by atoms with E-state index in [0.717, 1.165) is 0 Å². The Morgan fingerprint density at radius 2 is 2.04 bits per heavy atom. The maximum Gasteiger partial charge on any atom is 0.252 e. The summed E-state index contributed by atoms with van der Waals surface area (Å²) in [5, 5.41) is 2.74. The molecule has 1 heterocycles. The maximum absolute atomic E-state index is 14.1. The molecule has 3 rings (SSSR count). The van der Waals surface area contributed by atoms with Gasteiger partial charge >= 0.3 is 0 Å². The van der Waals surface area contributed by atoms with E-state index in [4.69, 9.17) is 0 Å². The van der Waals surface area contributed by atoms with Crippen LogP contribution in [-0.2, 0) is 12.0 Å². The van der Waals surface area contributed by atoms with Crippen molar-refractivity contribution in [3.63, 3.8) is 0 Å². The van der Waals surface area contributed by atoms with Gasteiger partial charge in [-0.05, 0) is 18.6 Å². The Hall–Kier alpha value is -2.50. The molecule has 1 aromatic heterocycles. The first-order valence-corrected chi connectivity index (χ1v) is 7.88. The minimum Gasteiger partial charge on any atom is -0.342 e. The van der Waals surface area contributed by atoms with Crippen LogP contribution in [0.15, 0.2) is 41.2 Å². The molecule has 2 aromatic rings. The van der Waals surface area contributed by atoms with E-state index in [1.165, 1.54) is 12.1 Å². The molecule has 1 saturated carbocycles. The van der Waals surface area contributed by atoms with E-state index in [2.05, 4.69) is 10.3 Å². The number of halogens is 2. The summed E-state index contributed by atoms with van der Waals surface area (Å²) in [6.07, 6.45) is -0.482. The first-order valence-electron chi connectivity index (χ1n) is 7.88. The summed E-state index contributed by atoms with van der Waals surface area (Å²) in [6.45, 7) is 1.85. The molecule has 2 N–H and O–H groups in total. The Balaban J connectivity index is 1.92. The van der Waals surface area contributed by atoms with Crippen LogP contribution in [0.4, 0.5) is 8.78 Å². The number of nitrogens with one attached hydrogen (secondary N) is 2. The second-order valence-electron chi connectivity index (χ2n) is 6.13. The van der Waals surface area contributed by atoms with E-state index in [0.29, 0.717) is 12.1 Å². The Morgan fingerprint density at radius 3 is 2.67 bits per heavy atom. The SMILES string of the molecule is CCc1cc(C(=O)NC2(c3ccccc3F)CC(F)C2)cc(=O)[nH]1. The molecule has 1 fully saturated rings. The highest BCUT2D eigenvalue weighted by Gasteiger charge is 2.48. The third-order valence-electron chi connectivity index (χ3n) is 4.43. The largest absolute Gasteiger partial charge is 0.342 e. The number of hydrogen-bond donors (Lipinski definition) is 2. The van der Waals surface area contributed by atoms with Crippen molar-refractivity contribution in [2.45, 2.75) is 37.9 Å². The molecular formula is C18H18F2N2O2. The van der Waals surface area contributed by atoms with Crippen LogP contribution in [-0.4, -0.2) is 17.1 Å². The molecule has 4 nitrogen and oxygen atoms in total. The zero-order valence-corrected chi connectivity index (χ0v) is 13.2. The number of alkyl halides is 1. The van der Waals surface area contributed by atoms with Gasteiger partial charge in [0.1, 0.15) is 12.0 Å². The fourth-order valence-corrected chi connectivity index (χ4v) is 3.15. The monoisotopic (exact) mass is 332 g/mol. The van der Waals surface area contributed by atoms with Gasteiger partial charge in [-0.2, -0.15) is 0 Å². The van der Waals surface area contributed by atoms with Crippen LogP contribution < -0.4 is 10.9 Å². The number of carbonyl (C=O) groups excluding carboxylic acids is 1. The average molecular weight is 332 g/mol. The first kappa shape index (κ1) is 16.4. The summed E-state index contributed by atoms with van der Waals surface area (Å²) in [7, 11) is 0. The zero-order valence-electron chi connectivity index (χ0n) is 13.2. The van der Waals surface area contributed by atoms with E-state index < -0.39 is 23.4 Å². The number of carbonyl (C=O) groups is 1. The van der Waals surface area contributed by atoms with E-state index >= 15 is 0 Å². The van der Waals surface area contributed by atoms with Crippen LogP contribution in [0.5, 0.6) is 0 Å². The number of hydrogen-bond acceptors (Lipinski definition) is 2. The van der Waals surface area contributed by atoms with E-state index in [9.17, 15) is 18.4 Å². The molecule has 0 saturated heterocycles. The lowest BCUT2D eigenvalue weighted by molar-refractivity contribution is 0.0510. The third-order valence-corrected chi connectivity index (χ3v) is 4.43. The lowest BCUT2D eigenvalue weighted by Crippen LogP contribution is -2.56. The van der Waals surface area contributed by atoms with Gasteiger partial charge in [-0.25, -0.2) is 8.78 Å². The van der Waals surface area contributed by atoms with E-state index in [1.54, 1.807) is 24.3 Å². The molecule has 6 heteroatoms. The normalized spacial score (nSPS) is 22.7. The Morgan fingerprint density at radius 1 is 1.33 bits per heavy atom. The number of aromatic nitrogens is 1. The number of rotatable bonds is 4. The molecule has 0 radical (unpaired) electrons. The minimum absolute atomic E-state index is 0.0174. The predicted octanol–water partition coefficient (Wildman–Crippen LogP) is 2.83. The van der Waals surface area contributed by atoms with Gasteiger partial charge in [0.2, 0.25) is 5.56 Å². The minimum atomic E-state index is -1.09. The smallest absolute Gasteiger partial charge is 0.252 e. The molecule has 1 amide bonds. The standard InChI is InChI=1S/C18H18F2N2O2/c1-2-13-7-11(8-16(23)21-13)17(24)22-18(9-12(19)10-18)14-5-3-4-6-15(14)20/h3-8,12H,2,9-10H2,1H3,(H,21,23)(H,22,24). The van der Waals surface area contributed by atoms with Crippen LogP contribution in [0.3, 0.4) is 0 Å². The van der Waals surface area contributed by atoms with Crippen LogP contribution >= 0.6 is 0 Å². The third kappa shape index (κ3) is 2.96. The molecule has 24 heavy (non-hydrogen) atoms. The van der Waals surface area contributed by atoms with Crippen LogP contribution in [0.1, 0.15) is 41.4 Å². The highest BCUT2D eigenvalue weighted by atomic mass is 19.1. The highest BCUT2D eigenvalue weighted by molar-refractivity contribution is 5.94. The van der Waals surface area contributed by atoms with Gasteiger partial charge in [0.15, 0.2) is 0 Å². The van der Waals surface area contributed by atoms with Crippen molar-refractivity contribution in [2.75, 3.05) is 0 Å². The number of aryl methyl sites for hydroxylation is 1. The lowest BCUT2D eigenvalue weighted by Gasteiger charge is -2.45. The summed E-state index contributed by atoms with van der Waals surface area (Å²) < 4.78 is 27.7. The number of H-pyrrole nitrogens is 1. The zero-order chi connectivity index (χ0) is 17.3. The van der Waals surface area contributed by atoms with Crippen molar-refractivity contribution < 1.29 is 13.6 Å². The van der Waals surface area contributed by atoms with E-state index in [-0.39, 0.29) is 29.5 Å². The highest BCUT2D eigenvalue weighted by Crippen LogP contribution is 2.44. The number of benzene rings is 1. The maximum atomic E-state index is 14.1. The molecule has 1 aliphatic rings. The Labute approximate surface area is 137 Å². The molecule has 0 unspecified atom stereocenters. The van der Waals surface area contributed by atoms with Crippen molar-refractivity contribution in [3.05, 3.63) is 69.4 Å². The second kappa shape index (κ2) is 6.19. The fourth-order valence-electron chi connectivity index (χ4n) is 3.15. The Bertz CT molecular complexity index is 826. The van der Waals surface area contributed by atoms with Gasteiger partial charge in [-0.1, -0.05) is 25.1 Å². The Kier molecular flexibility index (Phi) is 4.22. The van der Waals surface area contributed by atoms with Crippen LogP contribution in [0.25, 0.3) is 0 Å². The summed E-state index contributed by atoms with van der Waals surface area (Å²) in [4.78, 5) is 26.8. The number of aromatic amines is 1. The summed E-state index contributed by atoms with van der Waals surface area (Å²) >= 11 is 0. The van der Waals surface area contributed by atoms with Crippen molar-refractivity contribution in [1.29, 1.82) is 0 Å². The number of pyridine rings is 1. The summed E-state index contributed by atoms with van der Waals surface area (Å²) in [5.41, 5.74) is -0.362. The predicted molar refractivity (Wildman–Crippen MR) is 86.1 cm³/mol. The molecule has 0 spiro atoms. The molecule has 1 aliphatic carbocycles. The van der Waals surface area contributed by atoms with Crippen LogP contribution in [0.2, 0.25) is 0 Å². The second-order valence-corrected chi connectivity index (χ2v) is 6.13. The van der Waals surface area contributed by atoms with Crippen molar-refractivity contribution in [1.82, 2.24) is 10.3 Å². The first-order chi connectivity index (χ1) is 11.4. The van der Waals surface area contributed by atoms with Gasteiger partial charge in [0, 0.05) is 35.7 Å². The topological polar surface area (TPSA) is 62.0 Å². The quantitative estimate of drug-likeness (QED) is 0.904. The molecule has 126 valence electrons. The van der Waals surface area contributed by atoms with Gasteiger partial charge in [0.25, 0.3) is 5.91 Å².